The van der Waals surface area contributed by atoms with E-state index < -0.39 is 14.0 Å². The monoisotopic (exact) mass is 280 g/mol. The molecular weight excluding hydrogens is 264 g/mol. The van der Waals surface area contributed by atoms with Gasteiger partial charge in [0.05, 0.1) is 17.2 Å². The van der Waals surface area contributed by atoms with Crippen LogP contribution in [-0.2, 0) is 4.74 Å². The topological polar surface area (TPSA) is 26.3 Å². The molecule has 4 heteroatoms. The zero-order valence-corrected chi connectivity index (χ0v) is 12.9. The number of carbonyl (C=O) groups is 1. The lowest BCUT2D eigenvalue weighted by Crippen LogP contribution is -2.16. The van der Waals surface area contributed by atoms with E-state index in [9.17, 15) is 4.79 Å². The summed E-state index contributed by atoms with van der Waals surface area (Å²) in [6, 6.07) is 5.19. The van der Waals surface area contributed by atoms with Crippen molar-refractivity contribution in [2.24, 2.45) is 0 Å². The van der Waals surface area contributed by atoms with E-state index in [0.29, 0.717) is 17.2 Å². The number of ether oxygens (including phenoxy) is 1. The molecule has 0 N–H and O–H groups in total. The summed E-state index contributed by atoms with van der Waals surface area (Å²) in [5, 5.41) is 0.395. The molecule has 0 aromatic heterocycles. The zero-order chi connectivity index (χ0) is 13.8. The maximum absolute atomic E-state index is 11.7. The van der Waals surface area contributed by atoms with Crippen LogP contribution in [0.15, 0.2) is 18.2 Å². The van der Waals surface area contributed by atoms with Crippen molar-refractivity contribution in [2.45, 2.75) is 26.6 Å². The summed E-state index contributed by atoms with van der Waals surface area (Å²) in [5.41, 5.74) is 4.42. The Balaban J connectivity index is 3.07. The third-order valence-electron chi connectivity index (χ3n) is 2.04. The molecule has 2 nitrogen and oxygen atoms in total. The molecule has 18 heavy (non-hydrogen) atoms. The summed E-state index contributed by atoms with van der Waals surface area (Å²) in [6.45, 7) is 8.60. The number of halogens is 1. The predicted molar refractivity (Wildman–Crippen MR) is 77.6 cm³/mol. The Labute approximate surface area is 114 Å². The summed E-state index contributed by atoms with van der Waals surface area (Å²) in [7, 11) is -1.42. The minimum atomic E-state index is -1.42. The maximum atomic E-state index is 11.7. The summed E-state index contributed by atoms with van der Waals surface area (Å²) in [6.07, 6.45) is 0. The molecule has 0 spiro atoms. The van der Waals surface area contributed by atoms with Crippen molar-refractivity contribution < 1.29 is 9.53 Å². The van der Waals surface area contributed by atoms with Crippen LogP contribution in [-0.4, -0.2) is 20.7 Å². The third kappa shape index (κ3) is 4.56. The van der Waals surface area contributed by atoms with Gasteiger partial charge in [0.1, 0.15) is 8.07 Å². The Kier molecular flexibility index (Phi) is 5.00. The summed E-state index contributed by atoms with van der Waals surface area (Å²) in [4.78, 5) is 11.7. The third-order valence-corrected chi connectivity index (χ3v) is 3.25. The molecule has 0 aliphatic rings. The molecule has 1 rings (SSSR count). The van der Waals surface area contributed by atoms with E-state index in [-0.39, 0.29) is 0 Å². The number of hydrogen-bond donors (Lipinski definition) is 0. The van der Waals surface area contributed by atoms with Crippen LogP contribution in [0.1, 0.15) is 22.8 Å². The van der Waals surface area contributed by atoms with Gasteiger partial charge in [-0.15, -0.1) is 5.54 Å². The molecule has 0 bridgehead atoms. The predicted octanol–water partition coefficient (Wildman–Crippen LogP) is 3.75. The number of hydrogen-bond acceptors (Lipinski definition) is 2. The van der Waals surface area contributed by atoms with Gasteiger partial charge in [-0.3, -0.25) is 0 Å². The lowest BCUT2D eigenvalue weighted by atomic mass is 10.1. The van der Waals surface area contributed by atoms with Crippen molar-refractivity contribution in [2.75, 3.05) is 6.61 Å². The average Bonchev–Trinajstić information content (AvgIpc) is 2.27. The van der Waals surface area contributed by atoms with E-state index in [1.807, 2.05) is 6.07 Å². The van der Waals surface area contributed by atoms with Gasteiger partial charge in [0.15, 0.2) is 0 Å². The van der Waals surface area contributed by atoms with Crippen LogP contribution in [0.5, 0.6) is 0 Å². The minimum Gasteiger partial charge on any atom is -0.462 e. The summed E-state index contributed by atoms with van der Waals surface area (Å²) >= 11 is 5.98. The van der Waals surface area contributed by atoms with Crippen molar-refractivity contribution in [1.29, 1.82) is 0 Å². The van der Waals surface area contributed by atoms with Gasteiger partial charge in [-0.25, -0.2) is 4.79 Å². The highest BCUT2D eigenvalue weighted by molar-refractivity contribution is 6.83. The highest BCUT2D eigenvalue weighted by Gasteiger charge is 2.12. The Hall–Kier alpha value is -1.24. The van der Waals surface area contributed by atoms with Gasteiger partial charge < -0.3 is 4.74 Å². The van der Waals surface area contributed by atoms with E-state index in [1.165, 1.54) is 0 Å². The van der Waals surface area contributed by atoms with Gasteiger partial charge in [-0.2, -0.15) is 0 Å². The van der Waals surface area contributed by atoms with Crippen LogP contribution in [0.3, 0.4) is 0 Å². The van der Waals surface area contributed by atoms with Crippen LogP contribution in [0.4, 0.5) is 0 Å². The lowest BCUT2D eigenvalue weighted by molar-refractivity contribution is 0.0526. The molecule has 96 valence electrons. The van der Waals surface area contributed by atoms with Crippen LogP contribution in [0, 0.1) is 11.5 Å². The lowest BCUT2D eigenvalue weighted by Gasteiger charge is -2.05. The Bertz CT molecular complexity index is 507. The quantitative estimate of drug-likeness (QED) is 0.469. The fourth-order valence-corrected chi connectivity index (χ4v) is 1.94. The fourth-order valence-electron chi connectivity index (χ4n) is 1.23. The summed E-state index contributed by atoms with van der Waals surface area (Å²) in [5.74, 6) is 2.69. The van der Waals surface area contributed by atoms with E-state index in [4.69, 9.17) is 16.3 Å². The smallest absolute Gasteiger partial charge is 0.339 e. The van der Waals surface area contributed by atoms with E-state index in [2.05, 4.69) is 31.1 Å². The molecule has 0 saturated carbocycles. The van der Waals surface area contributed by atoms with Crippen LogP contribution in [0.2, 0.25) is 24.7 Å². The van der Waals surface area contributed by atoms with Crippen LogP contribution < -0.4 is 0 Å². The normalized spacial score (nSPS) is 10.5. The van der Waals surface area contributed by atoms with Gasteiger partial charge in [-0.05, 0) is 25.1 Å². The van der Waals surface area contributed by atoms with Crippen molar-refractivity contribution >= 4 is 25.6 Å². The number of esters is 1. The molecule has 0 atom stereocenters. The standard InChI is InChI=1S/C14H17ClO2Si/c1-5-17-14(16)12-10-11(6-7-13(12)15)8-9-18(2,3)4/h6-7,10H,5H2,1-4H3. The fraction of sp³-hybridized carbons (Fsp3) is 0.357. The first-order valence-corrected chi connectivity index (χ1v) is 9.71. The molecule has 0 unspecified atom stereocenters. The number of rotatable bonds is 2. The van der Waals surface area contributed by atoms with Crippen molar-refractivity contribution in [3.8, 4) is 11.5 Å². The van der Waals surface area contributed by atoms with Gasteiger partial charge in [0.25, 0.3) is 0 Å². The first kappa shape index (κ1) is 14.8. The second-order valence-corrected chi connectivity index (χ2v) is 10.1. The highest BCUT2D eigenvalue weighted by atomic mass is 35.5. The van der Waals surface area contributed by atoms with Gasteiger partial charge in [0.2, 0.25) is 0 Å². The van der Waals surface area contributed by atoms with Crippen molar-refractivity contribution in [1.82, 2.24) is 0 Å². The van der Waals surface area contributed by atoms with Crippen molar-refractivity contribution in [3.63, 3.8) is 0 Å². The Morgan fingerprint density at radius 1 is 1.39 bits per heavy atom. The number of benzene rings is 1. The van der Waals surface area contributed by atoms with Gasteiger partial charge in [-0.1, -0.05) is 37.2 Å². The first-order chi connectivity index (χ1) is 8.33. The molecule has 1 aromatic carbocycles. The van der Waals surface area contributed by atoms with E-state index >= 15 is 0 Å². The first-order valence-electron chi connectivity index (χ1n) is 5.83. The average molecular weight is 281 g/mol. The maximum Gasteiger partial charge on any atom is 0.339 e. The summed E-state index contributed by atoms with van der Waals surface area (Å²) < 4.78 is 4.95. The number of carbonyl (C=O) groups excluding carboxylic acids is 1. The molecule has 0 amide bonds. The van der Waals surface area contributed by atoms with Crippen molar-refractivity contribution in [3.05, 3.63) is 34.3 Å². The molecular formula is C14H17ClO2Si. The SMILES string of the molecule is CCOC(=O)c1cc(C#C[Si](C)(C)C)ccc1Cl. The highest BCUT2D eigenvalue weighted by Crippen LogP contribution is 2.18. The van der Waals surface area contributed by atoms with E-state index in [1.54, 1.807) is 19.1 Å². The molecule has 0 aliphatic carbocycles. The second kappa shape index (κ2) is 6.08. The molecule has 1 aromatic rings. The Morgan fingerprint density at radius 2 is 2.06 bits per heavy atom. The van der Waals surface area contributed by atoms with Crippen LogP contribution in [0.25, 0.3) is 0 Å². The molecule has 0 fully saturated rings. The van der Waals surface area contributed by atoms with Crippen LogP contribution >= 0.6 is 11.6 Å². The minimum absolute atomic E-state index is 0.333. The molecule has 0 radical (unpaired) electrons. The zero-order valence-electron chi connectivity index (χ0n) is 11.1. The van der Waals surface area contributed by atoms with E-state index in [0.717, 1.165) is 5.56 Å². The Morgan fingerprint density at radius 3 is 2.61 bits per heavy atom. The molecule has 0 saturated heterocycles. The van der Waals surface area contributed by atoms with Gasteiger partial charge >= 0.3 is 5.97 Å². The molecule has 0 heterocycles. The molecule has 0 aliphatic heterocycles. The van der Waals surface area contributed by atoms with Gasteiger partial charge in [0, 0.05) is 5.56 Å². The largest absolute Gasteiger partial charge is 0.462 e. The second-order valence-electron chi connectivity index (χ2n) is 4.92.